The van der Waals surface area contributed by atoms with Crippen LogP contribution >= 0.6 is 0 Å². The minimum absolute atomic E-state index is 0.0724. The van der Waals surface area contributed by atoms with Gasteiger partial charge < -0.3 is 5.11 Å². The number of nitrogens with zero attached hydrogens (tertiary/aromatic N) is 1. The van der Waals surface area contributed by atoms with Gasteiger partial charge in [0.1, 0.15) is 0 Å². The Morgan fingerprint density at radius 1 is 1.24 bits per heavy atom. The fourth-order valence-electron chi connectivity index (χ4n) is 2.99. The van der Waals surface area contributed by atoms with Gasteiger partial charge in [-0.15, -0.1) is 0 Å². The fourth-order valence-corrected chi connectivity index (χ4v) is 2.99. The number of aliphatic hydroxyl groups is 1. The SMILES string of the molecule is CCC1(CC)CC(=O)N(c2cccc(CCCO)c2)C1=O. The van der Waals surface area contributed by atoms with E-state index >= 15 is 0 Å². The molecule has 0 unspecified atom stereocenters. The molecule has 2 rings (SSSR count). The van der Waals surface area contributed by atoms with E-state index in [2.05, 4.69) is 0 Å². The van der Waals surface area contributed by atoms with Gasteiger partial charge in [0.15, 0.2) is 0 Å². The predicted molar refractivity (Wildman–Crippen MR) is 82.0 cm³/mol. The van der Waals surface area contributed by atoms with Crippen molar-refractivity contribution in [1.29, 1.82) is 0 Å². The molecule has 1 aliphatic rings. The summed E-state index contributed by atoms with van der Waals surface area (Å²) in [5.41, 5.74) is 1.16. The van der Waals surface area contributed by atoms with Crippen LogP contribution in [-0.4, -0.2) is 23.5 Å². The van der Waals surface area contributed by atoms with E-state index in [1.807, 2.05) is 32.0 Å². The normalized spacial score (nSPS) is 17.6. The number of hydrogen-bond donors (Lipinski definition) is 1. The van der Waals surface area contributed by atoms with Crippen LogP contribution in [0.15, 0.2) is 24.3 Å². The van der Waals surface area contributed by atoms with Crippen molar-refractivity contribution in [2.45, 2.75) is 46.0 Å². The maximum atomic E-state index is 12.7. The zero-order chi connectivity index (χ0) is 15.5. The number of hydrogen-bond acceptors (Lipinski definition) is 3. The van der Waals surface area contributed by atoms with Gasteiger partial charge in [-0.25, -0.2) is 0 Å². The molecular weight excluding hydrogens is 266 g/mol. The molecule has 1 fully saturated rings. The highest BCUT2D eigenvalue weighted by molar-refractivity contribution is 6.22. The average molecular weight is 289 g/mol. The third-order valence-electron chi connectivity index (χ3n) is 4.54. The third-order valence-corrected chi connectivity index (χ3v) is 4.54. The van der Waals surface area contributed by atoms with E-state index in [4.69, 9.17) is 5.11 Å². The van der Waals surface area contributed by atoms with Gasteiger partial charge in [-0.3, -0.25) is 14.5 Å². The van der Waals surface area contributed by atoms with Crippen molar-refractivity contribution in [3.8, 4) is 0 Å². The number of imide groups is 1. The number of anilines is 1. The third kappa shape index (κ3) is 2.86. The molecule has 0 spiro atoms. The molecule has 1 N–H and O–H groups in total. The Hall–Kier alpha value is -1.68. The number of aliphatic hydroxyl groups excluding tert-OH is 1. The van der Waals surface area contributed by atoms with Crippen LogP contribution in [-0.2, 0) is 16.0 Å². The van der Waals surface area contributed by atoms with Crippen LogP contribution < -0.4 is 4.90 Å². The molecule has 0 aromatic heterocycles. The Balaban J connectivity index is 2.29. The fraction of sp³-hybridized carbons (Fsp3) is 0.529. The van der Waals surface area contributed by atoms with E-state index in [-0.39, 0.29) is 18.4 Å². The van der Waals surface area contributed by atoms with Crippen molar-refractivity contribution in [2.24, 2.45) is 5.41 Å². The molecular formula is C17H23NO3. The van der Waals surface area contributed by atoms with Gasteiger partial charge in [-0.1, -0.05) is 26.0 Å². The molecule has 21 heavy (non-hydrogen) atoms. The number of rotatable bonds is 6. The van der Waals surface area contributed by atoms with Crippen molar-refractivity contribution >= 4 is 17.5 Å². The van der Waals surface area contributed by atoms with Crippen molar-refractivity contribution in [3.05, 3.63) is 29.8 Å². The van der Waals surface area contributed by atoms with Crippen LogP contribution in [0.1, 0.15) is 45.1 Å². The maximum Gasteiger partial charge on any atom is 0.240 e. The lowest BCUT2D eigenvalue weighted by atomic mass is 9.81. The van der Waals surface area contributed by atoms with E-state index in [0.29, 0.717) is 31.4 Å². The first-order valence-electron chi connectivity index (χ1n) is 7.65. The molecule has 114 valence electrons. The Morgan fingerprint density at radius 3 is 2.52 bits per heavy atom. The quantitative estimate of drug-likeness (QED) is 0.819. The molecule has 0 saturated carbocycles. The minimum atomic E-state index is -0.530. The Kier molecular flexibility index (Phi) is 4.78. The summed E-state index contributed by atoms with van der Waals surface area (Å²) in [4.78, 5) is 26.3. The van der Waals surface area contributed by atoms with Crippen molar-refractivity contribution in [3.63, 3.8) is 0 Å². The molecule has 0 atom stereocenters. The van der Waals surface area contributed by atoms with Crippen LogP contribution in [0, 0.1) is 5.41 Å². The molecule has 0 aliphatic carbocycles. The first-order valence-corrected chi connectivity index (χ1v) is 7.65. The van der Waals surface area contributed by atoms with E-state index in [0.717, 1.165) is 12.0 Å². The summed E-state index contributed by atoms with van der Waals surface area (Å²) >= 11 is 0. The van der Waals surface area contributed by atoms with Crippen LogP contribution in [0.5, 0.6) is 0 Å². The van der Waals surface area contributed by atoms with Crippen molar-refractivity contribution in [1.82, 2.24) is 0 Å². The van der Waals surface area contributed by atoms with Gasteiger partial charge in [0.2, 0.25) is 11.8 Å². The summed E-state index contributed by atoms with van der Waals surface area (Å²) in [6, 6.07) is 7.50. The Morgan fingerprint density at radius 2 is 1.95 bits per heavy atom. The summed E-state index contributed by atoms with van der Waals surface area (Å²) in [6.45, 7) is 4.08. The summed E-state index contributed by atoms with van der Waals surface area (Å²) in [5, 5.41) is 8.91. The van der Waals surface area contributed by atoms with Crippen LogP contribution in [0.3, 0.4) is 0 Å². The molecule has 4 heteroatoms. The highest BCUT2D eigenvalue weighted by atomic mass is 16.3. The first kappa shape index (κ1) is 15.7. The molecule has 0 bridgehead atoms. The van der Waals surface area contributed by atoms with Crippen LogP contribution in [0.2, 0.25) is 0 Å². The summed E-state index contributed by atoms with van der Waals surface area (Å²) in [5.74, 6) is -0.181. The first-order chi connectivity index (χ1) is 10.1. The number of aryl methyl sites for hydroxylation is 1. The topological polar surface area (TPSA) is 57.6 Å². The zero-order valence-corrected chi connectivity index (χ0v) is 12.8. The molecule has 1 heterocycles. The Bertz CT molecular complexity index is 535. The van der Waals surface area contributed by atoms with E-state index in [1.165, 1.54) is 4.90 Å². The molecule has 1 aromatic carbocycles. The van der Waals surface area contributed by atoms with E-state index < -0.39 is 5.41 Å². The predicted octanol–water partition coefficient (Wildman–Crippen LogP) is 2.68. The second-order valence-electron chi connectivity index (χ2n) is 5.70. The average Bonchev–Trinajstić information content (AvgIpc) is 2.76. The number of amides is 2. The van der Waals surface area contributed by atoms with E-state index in [1.54, 1.807) is 6.07 Å². The molecule has 1 aromatic rings. The minimum Gasteiger partial charge on any atom is -0.396 e. The highest BCUT2D eigenvalue weighted by Gasteiger charge is 2.49. The van der Waals surface area contributed by atoms with E-state index in [9.17, 15) is 9.59 Å². The van der Waals surface area contributed by atoms with Gasteiger partial charge in [-0.05, 0) is 43.4 Å². The molecule has 0 radical (unpaired) electrons. The lowest BCUT2D eigenvalue weighted by Crippen LogP contribution is -2.35. The largest absolute Gasteiger partial charge is 0.396 e. The second-order valence-corrected chi connectivity index (χ2v) is 5.70. The van der Waals surface area contributed by atoms with Gasteiger partial charge >= 0.3 is 0 Å². The molecule has 2 amide bonds. The standard InChI is InChI=1S/C17H23NO3/c1-3-17(4-2)12-15(20)18(16(17)21)14-9-5-7-13(11-14)8-6-10-19/h5,7,9,11,19H,3-4,6,8,10,12H2,1-2H3. The monoisotopic (exact) mass is 289 g/mol. The lowest BCUT2D eigenvalue weighted by Gasteiger charge is -2.23. The Labute approximate surface area is 125 Å². The molecule has 4 nitrogen and oxygen atoms in total. The van der Waals surface area contributed by atoms with Crippen molar-refractivity contribution < 1.29 is 14.7 Å². The smallest absolute Gasteiger partial charge is 0.240 e. The number of carbonyl (C=O) groups excluding carboxylic acids is 2. The van der Waals surface area contributed by atoms with Crippen molar-refractivity contribution in [2.75, 3.05) is 11.5 Å². The van der Waals surface area contributed by atoms with Crippen LogP contribution in [0.4, 0.5) is 5.69 Å². The number of benzene rings is 1. The second kappa shape index (κ2) is 6.39. The summed E-state index contributed by atoms with van der Waals surface area (Å²) in [6.07, 6.45) is 3.11. The summed E-state index contributed by atoms with van der Waals surface area (Å²) < 4.78 is 0. The molecule has 1 aliphatic heterocycles. The maximum absolute atomic E-state index is 12.7. The van der Waals surface area contributed by atoms with Gasteiger partial charge in [-0.2, -0.15) is 0 Å². The number of carbonyl (C=O) groups is 2. The van der Waals surface area contributed by atoms with Gasteiger partial charge in [0.05, 0.1) is 11.1 Å². The highest BCUT2D eigenvalue weighted by Crippen LogP contribution is 2.41. The zero-order valence-electron chi connectivity index (χ0n) is 12.8. The van der Waals surface area contributed by atoms with Gasteiger partial charge in [0, 0.05) is 13.0 Å². The molecule has 1 saturated heterocycles. The summed E-state index contributed by atoms with van der Waals surface area (Å²) in [7, 11) is 0. The van der Waals surface area contributed by atoms with Gasteiger partial charge in [0.25, 0.3) is 0 Å². The lowest BCUT2D eigenvalue weighted by molar-refractivity contribution is -0.126. The van der Waals surface area contributed by atoms with Crippen LogP contribution in [0.25, 0.3) is 0 Å².